The standard InChI is InChI=1S/C18H19F3N2O2S/c1-17(2,3)25-16(24)23-7-10-11(8-23)14(10)15-22-12-6-9(18(19,20)21)4-5-13(12)26-15/h4-6,10-11,14H,7-8H2,1-3H3/t10-,11?,14?/m1/s1. The van der Waals surface area contributed by atoms with Gasteiger partial charge in [-0.05, 0) is 50.8 Å². The quantitative estimate of drug-likeness (QED) is 0.703. The predicted octanol–water partition coefficient (Wildman–Crippen LogP) is 4.90. The van der Waals surface area contributed by atoms with Gasteiger partial charge in [0.05, 0.1) is 20.8 Å². The smallest absolute Gasteiger partial charge is 0.416 e. The number of thiazole rings is 1. The molecule has 1 aromatic carbocycles. The summed E-state index contributed by atoms with van der Waals surface area (Å²) in [6.07, 6.45) is -4.66. The molecule has 1 aliphatic heterocycles. The molecule has 26 heavy (non-hydrogen) atoms. The number of alkyl halides is 3. The molecule has 1 saturated carbocycles. The van der Waals surface area contributed by atoms with Crippen LogP contribution in [0.15, 0.2) is 18.2 Å². The molecule has 2 aromatic rings. The highest BCUT2D eigenvalue weighted by molar-refractivity contribution is 7.18. The summed E-state index contributed by atoms with van der Waals surface area (Å²) in [5.41, 5.74) is -0.797. The molecule has 140 valence electrons. The summed E-state index contributed by atoms with van der Waals surface area (Å²) in [7, 11) is 0. The molecule has 1 amide bonds. The van der Waals surface area contributed by atoms with Gasteiger partial charge in [0.25, 0.3) is 0 Å². The Balaban J connectivity index is 1.46. The van der Waals surface area contributed by atoms with E-state index in [1.54, 1.807) is 4.90 Å². The highest BCUT2D eigenvalue weighted by Crippen LogP contribution is 2.59. The molecule has 0 bridgehead atoms. The van der Waals surface area contributed by atoms with Crippen molar-refractivity contribution in [1.29, 1.82) is 0 Å². The van der Waals surface area contributed by atoms with E-state index in [1.807, 2.05) is 20.8 Å². The zero-order chi connectivity index (χ0) is 18.9. The Hall–Kier alpha value is -1.83. The van der Waals surface area contributed by atoms with E-state index in [4.69, 9.17) is 4.74 Å². The lowest BCUT2D eigenvalue weighted by Crippen LogP contribution is -2.36. The molecule has 0 N–H and O–H groups in total. The molecule has 1 aliphatic carbocycles. The van der Waals surface area contributed by atoms with Crippen LogP contribution in [0.4, 0.5) is 18.0 Å². The second-order valence-corrected chi connectivity index (χ2v) is 9.03. The average molecular weight is 384 g/mol. The van der Waals surface area contributed by atoms with E-state index in [0.29, 0.717) is 30.4 Å². The lowest BCUT2D eigenvalue weighted by Gasteiger charge is -2.25. The fourth-order valence-corrected chi connectivity index (χ4v) is 4.83. The van der Waals surface area contributed by atoms with Gasteiger partial charge in [0.1, 0.15) is 5.60 Å². The van der Waals surface area contributed by atoms with E-state index in [2.05, 4.69) is 4.98 Å². The van der Waals surface area contributed by atoms with Crippen LogP contribution in [0.2, 0.25) is 0 Å². The number of ether oxygens (including phenoxy) is 1. The third-order valence-electron chi connectivity index (χ3n) is 4.86. The number of piperidine rings is 1. The van der Waals surface area contributed by atoms with Crippen LogP contribution in [0, 0.1) is 11.8 Å². The van der Waals surface area contributed by atoms with Crippen LogP contribution in [-0.2, 0) is 10.9 Å². The first-order chi connectivity index (χ1) is 12.0. The molecule has 2 heterocycles. The Morgan fingerprint density at radius 2 is 1.88 bits per heavy atom. The SMILES string of the molecule is CC(C)(C)OC(=O)N1CC2C(c3nc4cc(C(F)(F)F)ccc4s3)[C@@H]2C1. The number of carbonyl (C=O) groups excluding carboxylic acids is 1. The number of likely N-dealkylation sites (tertiary alicyclic amines) is 1. The Morgan fingerprint density at radius 3 is 2.46 bits per heavy atom. The number of aromatic nitrogens is 1. The first-order valence-corrected chi connectivity index (χ1v) is 9.30. The third kappa shape index (κ3) is 3.15. The number of nitrogens with zero attached hydrogens (tertiary/aromatic N) is 2. The second kappa shape index (κ2) is 5.58. The molecule has 4 rings (SSSR count). The second-order valence-electron chi connectivity index (χ2n) is 7.97. The van der Waals surface area contributed by atoms with Gasteiger partial charge in [0.15, 0.2) is 0 Å². The van der Waals surface area contributed by atoms with Gasteiger partial charge in [-0.3, -0.25) is 0 Å². The van der Waals surface area contributed by atoms with E-state index >= 15 is 0 Å². The zero-order valence-corrected chi connectivity index (χ0v) is 15.4. The van der Waals surface area contributed by atoms with E-state index in [0.717, 1.165) is 21.8 Å². The van der Waals surface area contributed by atoms with Crippen molar-refractivity contribution in [3.05, 3.63) is 28.8 Å². The van der Waals surface area contributed by atoms with Crippen LogP contribution in [0.1, 0.15) is 37.3 Å². The van der Waals surface area contributed by atoms with E-state index in [9.17, 15) is 18.0 Å². The minimum atomic E-state index is -4.36. The van der Waals surface area contributed by atoms with Crippen molar-refractivity contribution in [2.24, 2.45) is 11.8 Å². The maximum atomic E-state index is 12.8. The Labute approximate surface area is 153 Å². The summed E-state index contributed by atoms with van der Waals surface area (Å²) in [6.45, 7) is 6.74. The number of benzene rings is 1. The van der Waals surface area contributed by atoms with Crippen LogP contribution < -0.4 is 0 Å². The molecule has 2 unspecified atom stereocenters. The fourth-order valence-electron chi connectivity index (χ4n) is 3.63. The Bertz CT molecular complexity index is 859. The molecule has 0 radical (unpaired) electrons. The number of halogens is 3. The number of fused-ring (bicyclic) bond motifs is 2. The van der Waals surface area contributed by atoms with Crippen LogP contribution in [0.3, 0.4) is 0 Å². The minimum Gasteiger partial charge on any atom is -0.444 e. The monoisotopic (exact) mass is 384 g/mol. The van der Waals surface area contributed by atoms with Gasteiger partial charge in [0, 0.05) is 19.0 Å². The molecule has 2 fully saturated rings. The summed E-state index contributed by atoms with van der Waals surface area (Å²) in [4.78, 5) is 18.3. The van der Waals surface area contributed by atoms with Gasteiger partial charge in [-0.15, -0.1) is 11.3 Å². The van der Waals surface area contributed by atoms with Crippen molar-refractivity contribution in [2.45, 2.75) is 38.5 Å². The van der Waals surface area contributed by atoms with Crippen LogP contribution in [0.5, 0.6) is 0 Å². The first-order valence-electron chi connectivity index (χ1n) is 8.48. The van der Waals surface area contributed by atoms with Gasteiger partial charge in [0.2, 0.25) is 0 Å². The minimum absolute atomic E-state index is 0.237. The molecule has 8 heteroatoms. The number of hydrogen-bond donors (Lipinski definition) is 0. The molecular weight excluding hydrogens is 365 g/mol. The largest absolute Gasteiger partial charge is 0.444 e. The topological polar surface area (TPSA) is 42.4 Å². The molecule has 0 spiro atoms. The van der Waals surface area contributed by atoms with Gasteiger partial charge < -0.3 is 9.64 Å². The highest BCUT2D eigenvalue weighted by atomic mass is 32.1. The van der Waals surface area contributed by atoms with Crippen LogP contribution in [-0.4, -0.2) is 34.7 Å². The van der Waals surface area contributed by atoms with Gasteiger partial charge in [-0.25, -0.2) is 9.78 Å². The normalized spacial score (nSPS) is 25.5. The molecule has 3 atom stereocenters. The highest BCUT2D eigenvalue weighted by Gasteiger charge is 2.59. The maximum Gasteiger partial charge on any atom is 0.416 e. The number of amides is 1. The van der Waals surface area contributed by atoms with E-state index in [-0.39, 0.29) is 12.0 Å². The lowest BCUT2D eigenvalue weighted by atomic mass is 10.2. The summed E-state index contributed by atoms with van der Waals surface area (Å²) >= 11 is 1.45. The summed E-state index contributed by atoms with van der Waals surface area (Å²) < 4.78 is 44.7. The van der Waals surface area contributed by atoms with Gasteiger partial charge in [-0.1, -0.05) is 0 Å². The Morgan fingerprint density at radius 1 is 1.23 bits per heavy atom. The van der Waals surface area contributed by atoms with Crippen molar-refractivity contribution >= 4 is 27.6 Å². The zero-order valence-electron chi connectivity index (χ0n) is 14.6. The number of hydrogen-bond acceptors (Lipinski definition) is 4. The summed E-state index contributed by atoms with van der Waals surface area (Å²) in [6, 6.07) is 3.70. The first kappa shape index (κ1) is 17.6. The maximum absolute atomic E-state index is 12.8. The Kier molecular flexibility index (Phi) is 3.77. The molecular formula is C18H19F3N2O2S. The van der Waals surface area contributed by atoms with E-state index in [1.165, 1.54) is 17.4 Å². The van der Waals surface area contributed by atoms with Gasteiger partial charge >= 0.3 is 12.3 Å². The average Bonchev–Trinajstić information content (AvgIpc) is 2.87. The van der Waals surface area contributed by atoms with Crippen molar-refractivity contribution in [3.63, 3.8) is 0 Å². The number of rotatable bonds is 1. The summed E-state index contributed by atoms with van der Waals surface area (Å²) in [5, 5.41) is 0.873. The van der Waals surface area contributed by atoms with Crippen LogP contribution >= 0.6 is 11.3 Å². The molecule has 1 saturated heterocycles. The lowest BCUT2D eigenvalue weighted by molar-refractivity contribution is -0.137. The molecule has 1 aromatic heterocycles. The van der Waals surface area contributed by atoms with E-state index < -0.39 is 17.3 Å². The van der Waals surface area contributed by atoms with Gasteiger partial charge in [-0.2, -0.15) is 13.2 Å². The van der Waals surface area contributed by atoms with Crippen molar-refractivity contribution in [2.75, 3.05) is 13.1 Å². The van der Waals surface area contributed by atoms with Crippen molar-refractivity contribution < 1.29 is 22.7 Å². The van der Waals surface area contributed by atoms with Crippen molar-refractivity contribution in [1.82, 2.24) is 9.88 Å². The number of carbonyl (C=O) groups is 1. The predicted molar refractivity (Wildman–Crippen MR) is 92.2 cm³/mol. The molecule has 4 nitrogen and oxygen atoms in total. The summed E-state index contributed by atoms with van der Waals surface area (Å²) in [5.74, 6) is 0.885. The van der Waals surface area contributed by atoms with Crippen molar-refractivity contribution in [3.8, 4) is 0 Å². The molecule has 2 aliphatic rings. The van der Waals surface area contributed by atoms with Crippen LogP contribution in [0.25, 0.3) is 10.2 Å². The third-order valence-corrected chi connectivity index (χ3v) is 6.00. The fraction of sp³-hybridized carbons (Fsp3) is 0.556.